The van der Waals surface area contributed by atoms with Gasteiger partial charge in [0.05, 0.1) is 11.8 Å². The van der Waals surface area contributed by atoms with Crippen molar-refractivity contribution in [2.75, 3.05) is 18.0 Å². The molecule has 112 valence electrons. The average molecular weight is 288 g/mol. The number of hydrogen-bond donors (Lipinski definition) is 1. The van der Waals surface area contributed by atoms with E-state index in [1.807, 2.05) is 33.0 Å². The van der Waals surface area contributed by atoms with Crippen LogP contribution in [0.4, 0.5) is 5.82 Å². The summed E-state index contributed by atoms with van der Waals surface area (Å²) in [4.78, 5) is 10.8. The highest BCUT2D eigenvalue weighted by molar-refractivity contribution is 5.46. The van der Waals surface area contributed by atoms with Crippen molar-refractivity contribution in [1.82, 2.24) is 15.1 Å². The van der Waals surface area contributed by atoms with E-state index in [1.54, 1.807) is 0 Å². The summed E-state index contributed by atoms with van der Waals surface area (Å²) in [6.07, 6.45) is 2.14. The Morgan fingerprint density at radius 2 is 2.14 bits per heavy atom. The largest absolute Gasteiger partial charge is 0.391 e. The molecule has 0 amide bonds. The minimum absolute atomic E-state index is 0.132. The van der Waals surface area contributed by atoms with Crippen LogP contribution in [0.5, 0.6) is 0 Å². The zero-order chi connectivity index (χ0) is 15.0. The molecule has 6 heteroatoms. The van der Waals surface area contributed by atoms with Gasteiger partial charge in [-0.3, -0.25) is 0 Å². The van der Waals surface area contributed by atoms with E-state index in [4.69, 9.17) is 4.52 Å². The Morgan fingerprint density at radius 3 is 2.86 bits per heavy atom. The Morgan fingerprint density at radius 1 is 1.33 bits per heavy atom. The Balaban J connectivity index is 1.75. The van der Waals surface area contributed by atoms with Crippen molar-refractivity contribution in [2.24, 2.45) is 5.92 Å². The Bertz CT molecular complexity index is 640. The summed E-state index contributed by atoms with van der Waals surface area (Å²) >= 11 is 0. The van der Waals surface area contributed by atoms with Gasteiger partial charge in [-0.15, -0.1) is 0 Å². The number of aliphatic hydroxyl groups is 1. The second-order valence-corrected chi connectivity index (χ2v) is 5.79. The zero-order valence-electron chi connectivity index (χ0n) is 12.6. The van der Waals surface area contributed by atoms with Crippen LogP contribution in [-0.2, 0) is 6.42 Å². The fourth-order valence-electron chi connectivity index (χ4n) is 2.84. The predicted molar refractivity (Wildman–Crippen MR) is 78.2 cm³/mol. The molecule has 1 aliphatic heterocycles. The van der Waals surface area contributed by atoms with E-state index in [2.05, 4.69) is 20.0 Å². The number of nitrogens with zero attached hydrogens (tertiary/aromatic N) is 4. The lowest BCUT2D eigenvalue weighted by atomic mass is 10.0. The lowest BCUT2D eigenvalue weighted by molar-refractivity contribution is 0.143. The van der Waals surface area contributed by atoms with Crippen LogP contribution < -0.4 is 4.90 Å². The first-order valence-corrected chi connectivity index (χ1v) is 7.18. The molecule has 1 aliphatic rings. The summed E-state index contributed by atoms with van der Waals surface area (Å²) in [6.45, 7) is 7.13. The third-order valence-corrected chi connectivity index (χ3v) is 3.91. The SMILES string of the molecule is Cc1cc(C[C@@H]2CN(c3nc(C)ncc3C)C[C@@H]2O)on1. The van der Waals surface area contributed by atoms with Crippen LogP contribution in [0, 0.1) is 26.7 Å². The minimum Gasteiger partial charge on any atom is -0.391 e. The van der Waals surface area contributed by atoms with Crippen LogP contribution in [0.25, 0.3) is 0 Å². The summed E-state index contributed by atoms with van der Waals surface area (Å²) < 4.78 is 5.25. The lowest BCUT2D eigenvalue weighted by Gasteiger charge is -2.19. The van der Waals surface area contributed by atoms with Crippen molar-refractivity contribution < 1.29 is 9.63 Å². The zero-order valence-corrected chi connectivity index (χ0v) is 12.6. The van der Waals surface area contributed by atoms with Crippen LogP contribution in [0.15, 0.2) is 16.8 Å². The second-order valence-electron chi connectivity index (χ2n) is 5.79. The lowest BCUT2D eigenvalue weighted by Crippen LogP contribution is -2.23. The molecule has 1 N–H and O–H groups in total. The van der Waals surface area contributed by atoms with Gasteiger partial charge >= 0.3 is 0 Å². The van der Waals surface area contributed by atoms with Crippen molar-refractivity contribution in [3.8, 4) is 0 Å². The highest BCUT2D eigenvalue weighted by atomic mass is 16.5. The van der Waals surface area contributed by atoms with Crippen molar-refractivity contribution in [1.29, 1.82) is 0 Å². The van der Waals surface area contributed by atoms with Gasteiger partial charge in [0.25, 0.3) is 0 Å². The summed E-state index contributed by atoms with van der Waals surface area (Å²) in [5, 5.41) is 14.2. The van der Waals surface area contributed by atoms with E-state index in [-0.39, 0.29) is 12.0 Å². The second kappa shape index (κ2) is 5.44. The van der Waals surface area contributed by atoms with Gasteiger partial charge in [-0.05, 0) is 20.8 Å². The normalized spacial score (nSPS) is 22.0. The number of aryl methyl sites for hydroxylation is 3. The number of rotatable bonds is 3. The van der Waals surface area contributed by atoms with Gasteiger partial charge in [-0.2, -0.15) is 0 Å². The van der Waals surface area contributed by atoms with Crippen molar-refractivity contribution in [2.45, 2.75) is 33.3 Å². The van der Waals surface area contributed by atoms with Gasteiger partial charge in [-0.1, -0.05) is 5.16 Å². The topological polar surface area (TPSA) is 75.3 Å². The molecular formula is C15H20N4O2. The van der Waals surface area contributed by atoms with Crippen molar-refractivity contribution >= 4 is 5.82 Å². The molecule has 21 heavy (non-hydrogen) atoms. The van der Waals surface area contributed by atoms with E-state index >= 15 is 0 Å². The number of anilines is 1. The number of aliphatic hydroxyl groups excluding tert-OH is 1. The molecular weight excluding hydrogens is 268 g/mol. The summed E-state index contributed by atoms with van der Waals surface area (Å²) in [6, 6.07) is 1.93. The first-order valence-electron chi connectivity index (χ1n) is 7.18. The quantitative estimate of drug-likeness (QED) is 0.921. The van der Waals surface area contributed by atoms with Crippen LogP contribution >= 0.6 is 0 Å². The third kappa shape index (κ3) is 2.90. The molecule has 0 radical (unpaired) electrons. The molecule has 2 aromatic heterocycles. The first kappa shape index (κ1) is 14.0. The summed E-state index contributed by atoms with van der Waals surface area (Å²) in [5.41, 5.74) is 1.90. The number of β-amino-alcohol motifs (C(OH)–C–C–N with tert-alkyl or cyclic N) is 1. The average Bonchev–Trinajstić information content (AvgIpc) is 3.00. The van der Waals surface area contributed by atoms with Crippen LogP contribution in [0.1, 0.15) is 22.8 Å². The molecule has 0 saturated carbocycles. The predicted octanol–water partition coefficient (Wildman–Crippen LogP) is 1.43. The Hall–Kier alpha value is -1.95. The molecule has 0 aliphatic carbocycles. The fraction of sp³-hybridized carbons (Fsp3) is 0.533. The summed E-state index contributed by atoms with van der Waals surface area (Å²) in [7, 11) is 0. The van der Waals surface area contributed by atoms with Gasteiger partial charge in [0.2, 0.25) is 0 Å². The number of hydrogen-bond acceptors (Lipinski definition) is 6. The van der Waals surface area contributed by atoms with Gasteiger partial charge in [0.1, 0.15) is 17.4 Å². The Kier molecular flexibility index (Phi) is 3.63. The molecule has 3 heterocycles. The van der Waals surface area contributed by atoms with E-state index in [9.17, 15) is 5.11 Å². The monoisotopic (exact) mass is 288 g/mol. The van der Waals surface area contributed by atoms with Gasteiger partial charge < -0.3 is 14.5 Å². The van der Waals surface area contributed by atoms with E-state index in [1.165, 1.54) is 0 Å². The van der Waals surface area contributed by atoms with Gasteiger partial charge in [0.15, 0.2) is 0 Å². The third-order valence-electron chi connectivity index (χ3n) is 3.91. The summed E-state index contributed by atoms with van der Waals surface area (Å²) in [5.74, 6) is 2.62. The molecule has 2 atom stereocenters. The molecule has 0 unspecified atom stereocenters. The molecule has 1 fully saturated rings. The van der Waals surface area contributed by atoms with Crippen molar-refractivity contribution in [3.05, 3.63) is 35.1 Å². The molecule has 2 aromatic rings. The molecule has 0 spiro atoms. The first-order chi connectivity index (χ1) is 10.0. The van der Waals surface area contributed by atoms with E-state index < -0.39 is 0 Å². The maximum absolute atomic E-state index is 10.3. The molecule has 0 bridgehead atoms. The molecule has 3 rings (SSSR count). The van der Waals surface area contributed by atoms with Crippen LogP contribution in [0.3, 0.4) is 0 Å². The van der Waals surface area contributed by atoms with Gasteiger partial charge in [-0.25, -0.2) is 9.97 Å². The molecule has 6 nitrogen and oxygen atoms in total. The van der Waals surface area contributed by atoms with E-state index in [0.29, 0.717) is 13.0 Å². The molecule has 0 aromatic carbocycles. The molecule has 1 saturated heterocycles. The highest BCUT2D eigenvalue weighted by Crippen LogP contribution is 2.27. The smallest absolute Gasteiger partial charge is 0.137 e. The van der Waals surface area contributed by atoms with E-state index in [0.717, 1.165) is 35.2 Å². The maximum atomic E-state index is 10.3. The minimum atomic E-state index is -0.384. The number of aromatic nitrogens is 3. The van der Waals surface area contributed by atoms with Gasteiger partial charge in [0, 0.05) is 43.3 Å². The Labute approximate surface area is 123 Å². The highest BCUT2D eigenvalue weighted by Gasteiger charge is 2.33. The van der Waals surface area contributed by atoms with Crippen LogP contribution in [0.2, 0.25) is 0 Å². The standard InChI is InChI=1S/C15H20N4O2/c1-9-6-16-11(3)17-15(9)19-7-12(14(20)8-19)5-13-4-10(2)18-21-13/h4,6,12,14,20H,5,7-8H2,1-3H3/t12-,14+/m1/s1. The maximum Gasteiger partial charge on any atom is 0.137 e. The van der Waals surface area contributed by atoms with Crippen LogP contribution in [-0.4, -0.2) is 39.4 Å². The van der Waals surface area contributed by atoms with Crippen molar-refractivity contribution in [3.63, 3.8) is 0 Å². The fourth-order valence-corrected chi connectivity index (χ4v) is 2.84.